The largest absolute Gasteiger partial charge is 0.394 e. The van der Waals surface area contributed by atoms with Crippen LogP contribution in [0.5, 0.6) is 0 Å². The standard InChI is InChI=1S/C26H35ClFN5O3/c1-26(2,3)22(25(36)32-11-5-7-17(32)15-34)30-24(35)21-20-14-31(4)10-6-12-33(20)23(29-21)18-13-16(27)8-9-19(18)28/h8-9,13,17,22,34H,5-7,10-12,14-15H2,1-4H3,(H,30,35). The molecule has 2 amide bonds. The van der Waals surface area contributed by atoms with Crippen molar-refractivity contribution < 1.29 is 19.1 Å². The van der Waals surface area contributed by atoms with Crippen molar-refractivity contribution in [1.82, 2.24) is 24.7 Å². The van der Waals surface area contributed by atoms with Crippen LogP contribution < -0.4 is 5.32 Å². The number of nitrogens with one attached hydrogen (secondary N) is 1. The molecule has 4 rings (SSSR count). The van der Waals surface area contributed by atoms with Crippen LogP contribution in [0.1, 0.15) is 56.2 Å². The Labute approximate surface area is 216 Å². The summed E-state index contributed by atoms with van der Waals surface area (Å²) in [4.78, 5) is 35.6. The second-order valence-electron chi connectivity index (χ2n) is 10.9. The van der Waals surface area contributed by atoms with E-state index in [1.54, 1.807) is 4.90 Å². The van der Waals surface area contributed by atoms with Crippen LogP contribution >= 0.6 is 11.6 Å². The van der Waals surface area contributed by atoms with Crippen molar-refractivity contribution in [2.24, 2.45) is 5.41 Å². The number of amides is 2. The highest BCUT2D eigenvalue weighted by Crippen LogP contribution is 2.31. The van der Waals surface area contributed by atoms with Gasteiger partial charge in [-0.15, -0.1) is 0 Å². The first-order valence-corrected chi connectivity index (χ1v) is 12.8. The van der Waals surface area contributed by atoms with Gasteiger partial charge in [0, 0.05) is 24.7 Å². The minimum absolute atomic E-state index is 0.105. The summed E-state index contributed by atoms with van der Waals surface area (Å²) in [5.41, 5.74) is 0.514. The SMILES string of the molecule is CN1CCCn2c(-c3cc(Cl)ccc3F)nc(C(=O)NC(C(=O)N3CCCC3CO)C(C)(C)C)c2C1. The monoisotopic (exact) mass is 519 g/mol. The molecule has 2 atom stereocenters. The Bertz CT molecular complexity index is 1150. The maximum atomic E-state index is 14.8. The quantitative estimate of drug-likeness (QED) is 0.632. The minimum atomic E-state index is -0.815. The van der Waals surface area contributed by atoms with E-state index < -0.39 is 23.2 Å². The summed E-state index contributed by atoms with van der Waals surface area (Å²) in [6.07, 6.45) is 2.37. The van der Waals surface area contributed by atoms with Gasteiger partial charge in [0.15, 0.2) is 5.69 Å². The average molecular weight is 520 g/mol. The Morgan fingerprint density at radius 1 is 1.25 bits per heavy atom. The molecule has 2 aromatic rings. The molecule has 0 bridgehead atoms. The van der Waals surface area contributed by atoms with Gasteiger partial charge in [0.05, 0.1) is 23.9 Å². The van der Waals surface area contributed by atoms with Gasteiger partial charge in [-0.05, 0) is 56.5 Å². The predicted octanol–water partition coefficient (Wildman–Crippen LogP) is 3.31. The van der Waals surface area contributed by atoms with Gasteiger partial charge in [0.2, 0.25) is 5.91 Å². The van der Waals surface area contributed by atoms with Gasteiger partial charge in [0.1, 0.15) is 17.7 Å². The molecule has 2 N–H and O–H groups in total. The number of aliphatic hydroxyl groups is 1. The summed E-state index contributed by atoms with van der Waals surface area (Å²) < 4.78 is 16.7. The lowest BCUT2D eigenvalue weighted by Crippen LogP contribution is -2.56. The van der Waals surface area contributed by atoms with Gasteiger partial charge in [-0.2, -0.15) is 0 Å². The van der Waals surface area contributed by atoms with Crippen molar-refractivity contribution in [3.8, 4) is 11.4 Å². The van der Waals surface area contributed by atoms with Gasteiger partial charge < -0.3 is 24.8 Å². The Hall–Kier alpha value is -2.49. The topological polar surface area (TPSA) is 90.7 Å². The molecule has 36 heavy (non-hydrogen) atoms. The highest BCUT2D eigenvalue weighted by molar-refractivity contribution is 6.30. The van der Waals surface area contributed by atoms with Crippen molar-refractivity contribution >= 4 is 23.4 Å². The van der Waals surface area contributed by atoms with E-state index in [4.69, 9.17) is 11.6 Å². The number of likely N-dealkylation sites (tertiary alicyclic amines) is 1. The number of nitrogens with zero attached hydrogens (tertiary/aromatic N) is 4. The zero-order valence-corrected chi connectivity index (χ0v) is 22.1. The molecule has 0 spiro atoms. The van der Waals surface area contributed by atoms with E-state index in [1.807, 2.05) is 32.4 Å². The molecule has 2 aliphatic rings. The summed E-state index contributed by atoms with van der Waals surface area (Å²) in [7, 11) is 1.97. The van der Waals surface area contributed by atoms with E-state index in [2.05, 4.69) is 15.2 Å². The molecule has 0 aliphatic carbocycles. The average Bonchev–Trinajstić information content (AvgIpc) is 3.38. The highest BCUT2D eigenvalue weighted by Gasteiger charge is 2.40. The minimum Gasteiger partial charge on any atom is -0.394 e. The van der Waals surface area contributed by atoms with Crippen LogP contribution in [0.3, 0.4) is 0 Å². The maximum Gasteiger partial charge on any atom is 0.272 e. The number of rotatable bonds is 5. The van der Waals surface area contributed by atoms with Gasteiger partial charge in [0.25, 0.3) is 5.91 Å². The van der Waals surface area contributed by atoms with E-state index >= 15 is 0 Å². The number of benzene rings is 1. The van der Waals surface area contributed by atoms with E-state index in [-0.39, 0.29) is 29.8 Å². The Morgan fingerprint density at radius 2 is 2.00 bits per heavy atom. The molecule has 2 aliphatic heterocycles. The smallest absolute Gasteiger partial charge is 0.272 e. The lowest BCUT2D eigenvalue weighted by molar-refractivity contribution is -0.137. The molecule has 1 aromatic heterocycles. The second kappa shape index (κ2) is 10.5. The molecule has 8 nitrogen and oxygen atoms in total. The summed E-state index contributed by atoms with van der Waals surface area (Å²) in [6.45, 7) is 8.00. The fourth-order valence-corrected chi connectivity index (χ4v) is 5.28. The van der Waals surface area contributed by atoms with Crippen LogP contribution in [0.15, 0.2) is 18.2 Å². The Morgan fingerprint density at radius 3 is 2.69 bits per heavy atom. The molecular formula is C26H35ClFN5O3. The third-order valence-corrected chi connectivity index (χ3v) is 7.29. The van der Waals surface area contributed by atoms with Crippen LogP contribution in [0, 0.1) is 11.2 Å². The number of fused-ring (bicyclic) bond motifs is 1. The van der Waals surface area contributed by atoms with Crippen molar-refractivity contribution in [1.29, 1.82) is 0 Å². The molecule has 1 fully saturated rings. The summed E-state index contributed by atoms with van der Waals surface area (Å²) in [6, 6.07) is 3.24. The first kappa shape index (κ1) is 26.6. The lowest BCUT2D eigenvalue weighted by atomic mass is 9.85. The summed E-state index contributed by atoms with van der Waals surface area (Å²) in [5, 5.41) is 13.1. The van der Waals surface area contributed by atoms with E-state index in [0.717, 1.165) is 25.8 Å². The third kappa shape index (κ3) is 5.28. The van der Waals surface area contributed by atoms with Gasteiger partial charge in [-0.25, -0.2) is 9.37 Å². The van der Waals surface area contributed by atoms with Gasteiger partial charge in [-0.3, -0.25) is 9.59 Å². The second-order valence-corrected chi connectivity index (χ2v) is 11.3. The van der Waals surface area contributed by atoms with Crippen molar-refractivity contribution in [3.63, 3.8) is 0 Å². The van der Waals surface area contributed by atoms with Crippen molar-refractivity contribution in [2.45, 2.75) is 65.2 Å². The van der Waals surface area contributed by atoms with Crippen molar-refractivity contribution in [2.75, 3.05) is 26.7 Å². The lowest BCUT2D eigenvalue weighted by Gasteiger charge is -2.35. The zero-order chi connectivity index (χ0) is 26.2. The van der Waals surface area contributed by atoms with Gasteiger partial charge >= 0.3 is 0 Å². The van der Waals surface area contributed by atoms with Gasteiger partial charge in [-0.1, -0.05) is 32.4 Å². The molecule has 3 heterocycles. The Balaban J connectivity index is 1.73. The number of hydrogen-bond acceptors (Lipinski definition) is 5. The van der Waals surface area contributed by atoms with Crippen molar-refractivity contribution in [3.05, 3.63) is 40.4 Å². The third-order valence-electron chi connectivity index (χ3n) is 7.06. The normalized spacial score (nSPS) is 19.6. The van der Waals surface area contributed by atoms with Crippen LogP contribution in [0.25, 0.3) is 11.4 Å². The predicted molar refractivity (Wildman–Crippen MR) is 136 cm³/mol. The molecule has 196 valence electrons. The van der Waals surface area contributed by atoms with Crippen LogP contribution in [-0.2, 0) is 17.9 Å². The molecule has 1 aromatic carbocycles. The van der Waals surface area contributed by atoms with E-state index in [9.17, 15) is 19.1 Å². The molecule has 0 saturated carbocycles. The first-order chi connectivity index (χ1) is 17.0. The zero-order valence-electron chi connectivity index (χ0n) is 21.4. The number of hydrogen-bond donors (Lipinski definition) is 2. The number of aromatic nitrogens is 2. The molecule has 0 radical (unpaired) electrons. The number of carbonyl (C=O) groups is 2. The van der Waals surface area contributed by atoms with Crippen LogP contribution in [-0.4, -0.2) is 75.1 Å². The van der Waals surface area contributed by atoms with E-state index in [1.165, 1.54) is 18.2 Å². The fourth-order valence-electron chi connectivity index (χ4n) is 5.11. The fraction of sp³-hybridized carbons (Fsp3) is 0.577. The number of aliphatic hydroxyl groups excluding tert-OH is 1. The number of halogens is 2. The summed E-state index contributed by atoms with van der Waals surface area (Å²) >= 11 is 6.16. The maximum absolute atomic E-state index is 14.8. The molecule has 1 saturated heterocycles. The molecular weight excluding hydrogens is 485 g/mol. The van der Waals surface area contributed by atoms with Crippen LogP contribution in [0.4, 0.5) is 4.39 Å². The molecule has 10 heteroatoms. The number of imidazole rings is 1. The first-order valence-electron chi connectivity index (χ1n) is 12.5. The van der Waals surface area contributed by atoms with Crippen LogP contribution in [0.2, 0.25) is 5.02 Å². The molecule has 2 unspecified atom stereocenters. The Kier molecular flexibility index (Phi) is 7.73. The highest BCUT2D eigenvalue weighted by atomic mass is 35.5. The number of carbonyl (C=O) groups excluding carboxylic acids is 2. The van der Waals surface area contributed by atoms with E-state index in [0.29, 0.717) is 36.2 Å². The summed E-state index contributed by atoms with van der Waals surface area (Å²) in [5.74, 6) is -0.806.